The van der Waals surface area contributed by atoms with Gasteiger partial charge in [0.05, 0.1) is 81.8 Å². The topological polar surface area (TPSA) is 234 Å². The van der Waals surface area contributed by atoms with Gasteiger partial charge in [-0.3, -0.25) is 19.4 Å². The van der Waals surface area contributed by atoms with Gasteiger partial charge in [-0.1, -0.05) is 35.4 Å². The van der Waals surface area contributed by atoms with Crippen molar-refractivity contribution in [1.82, 2.24) is 21.1 Å². The Morgan fingerprint density at radius 1 is 0.823 bits per heavy atom. The number of anilines is 4. The Kier molecular flexibility index (Phi) is 21.7. The van der Waals surface area contributed by atoms with Gasteiger partial charge in [0.2, 0.25) is 11.8 Å². The maximum Gasteiger partial charge on any atom is 0.414 e. The van der Waals surface area contributed by atoms with Gasteiger partial charge in [0, 0.05) is 26.9 Å². The second-order valence-electron chi connectivity index (χ2n) is 12.8. The quantitative estimate of drug-likeness (QED) is 0.140. The maximum absolute atomic E-state index is 14.8. The van der Waals surface area contributed by atoms with Crippen LogP contribution in [-0.2, 0) is 23.8 Å². The number of halogens is 4. The van der Waals surface area contributed by atoms with Gasteiger partial charge in [-0.25, -0.2) is 23.4 Å². The Labute approximate surface area is 375 Å². The second kappa shape index (κ2) is 26.3. The summed E-state index contributed by atoms with van der Waals surface area (Å²) in [6, 6.07) is 9.00. The number of thiocarbonyl (C=S) groups is 2. The van der Waals surface area contributed by atoms with Gasteiger partial charge < -0.3 is 55.4 Å². The number of hydrogen-bond donors (Lipinski definition) is 6. The van der Waals surface area contributed by atoms with Gasteiger partial charge in [-0.2, -0.15) is 10.2 Å². The van der Waals surface area contributed by atoms with Crippen LogP contribution in [0.25, 0.3) is 0 Å². The molecule has 4 aliphatic heterocycles. The number of benzene rings is 2. The molecule has 0 bridgehead atoms. The van der Waals surface area contributed by atoms with Gasteiger partial charge in [0.15, 0.2) is 3.78 Å². The monoisotopic (exact) mass is 950 g/mol. The van der Waals surface area contributed by atoms with Crippen molar-refractivity contribution in [2.45, 2.75) is 26.1 Å². The molecule has 6 N–H and O–H groups in total. The van der Waals surface area contributed by atoms with E-state index >= 15 is 0 Å². The fourth-order valence-electron chi connectivity index (χ4n) is 5.54. The van der Waals surface area contributed by atoms with Crippen LogP contribution in [0.15, 0.2) is 46.6 Å². The smallest absolute Gasteiger partial charge is 0.414 e. The molecule has 4 aliphatic rings. The zero-order valence-electron chi connectivity index (χ0n) is 33.4. The average Bonchev–Trinajstić information content (AvgIpc) is 3.82. The Hall–Kier alpha value is -5.24. The predicted octanol–water partition coefficient (Wildman–Crippen LogP) is 2.01. The van der Waals surface area contributed by atoms with Crippen LogP contribution >= 0.6 is 47.6 Å². The number of amides is 4. The number of cyclic esters (lactones) is 2. The molecule has 2 fully saturated rings. The number of hydrazone groups is 2. The van der Waals surface area contributed by atoms with Crippen LogP contribution in [0.3, 0.4) is 0 Å². The standard InChI is InChI=1S/C18H22FN5O5S.C15H18FN5O3.C2H6O2.CCl2S/c1-12(26)20-9-14-10-23(17(27)29-14)13-2-3-16(15(19)8-13)22-4-5-24(21-11-22)18(30)28-7-6-25;1-10(22)17-7-12-8-21(15(23)24-12)11-2-3-14(13(16)6-11)20-5-4-18-19-9-20;3-1-2-4;2-1(3)4/h2-3,8,11,14,25H,4-7,9-10H2,1H3,(H,20,26);2-3,6,9,12,18H,4-5,7-8H2,1H3,(H,17,22);3-4H,1-2H2;/t14-;12-;;/m00../s1. The van der Waals surface area contributed by atoms with E-state index in [2.05, 4.69) is 38.5 Å². The summed E-state index contributed by atoms with van der Waals surface area (Å²) in [5.74, 6) is -1.39. The van der Waals surface area contributed by atoms with Crippen molar-refractivity contribution < 1.29 is 57.5 Å². The number of carbonyl (C=O) groups is 4. The zero-order valence-corrected chi connectivity index (χ0v) is 36.6. The fraction of sp³-hybridized carbons (Fsp3) is 0.444. The molecule has 0 aromatic heterocycles. The number of nitrogens with one attached hydrogen (secondary N) is 3. The minimum Gasteiger partial charge on any atom is -0.467 e. The van der Waals surface area contributed by atoms with Gasteiger partial charge in [-0.05, 0) is 48.6 Å². The number of hydrogen-bond acceptors (Lipinski definition) is 17. The summed E-state index contributed by atoms with van der Waals surface area (Å²) < 4.78 is 44.6. The zero-order chi connectivity index (χ0) is 45.8. The summed E-state index contributed by atoms with van der Waals surface area (Å²) in [6.07, 6.45) is 0.856. The average molecular weight is 952 g/mol. The highest BCUT2D eigenvalue weighted by molar-refractivity contribution is 7.86. The first kappa shape index (κ1) is 51.1. The molecular weight excluding hydrogens is 905 g/mol. The highest BCUT2D eigenvalue weighted by Gasteiger charge is 2.34. The number of aliphatic hydroxyl groups is 3. The molecular formula is C36H46Cl2F2N10O10S2. The molecule has 26 heteroatoms. The molecule has 20 nitrogen and oxygen atoms in total. The Balaban J connectivity index is 0.000000286. The van der Waals surface area contributed by atoms with E-state index in [4.69, 9.17) is 64.9 Å². The molecule has 0 unspecified atom stereocenters. The van der Waals surface area contributed by atoms with E-state index in [9.17, 15) is 28.0 Å². The summed E-state index contributed by atoms with van der Waals surface area (Å²) in [4.78, 5) is 52.0. The van der Waals surface area contributed by atoms with Crippen LogP contribution in [0.5, 0.6) is 0 Å². The molecule has 62 heavy (non-hydrogen) atoms. The van der Waals surface area contributed by atoms with Crippen LogP contribution in [-0.4, -0.2) is 157 Å². The molecule has 340 valence electrons. The van der Waals surface area contributed by atoms with Gasteiger partial charge >= 0.3 is 12.2 Å². The van der Waals surface area contributed by atoms with Crippen molar-refractivity contribution in [1.29, 1.82) is 0 Å². The first-order valence-electron chi connectivity index (χ1n) is 18.6. The SMILES string of the molecule is CC(=O)NC[C@H]1CN(c2ccc(N3C=NN(C(=S)OCCO)CC3)c(F)c2)C(=O)O1.CC(=O)NC[C@H]1CN(c2ccc(N3C=NNCC3)c(F)c2)C(=O)O1.OCCO.S=C(Cl)Cl. The number of nitrogens with zero attached hydrogens (tertiary/aromatic N) is 7. The fourth-order valence-corrected chi connectivity index (χ4v) is 5.76. The van der Waals surface area contributed by atoms with E-state index < -0.39 is 36.0 Å². The summed E-state index contributed by atoms with van der Waals surface area (Å²) in [5.41, 5.74) is 4.27. The molecule has 0 spiro atoms. The minimum atomic E-state index is -0.593. The first-order chi connectivity index (χ1) is 29.6. The Bertz CT molecular complexity index is 1940. The number of carbonyl (C=O) groups excluding carboxylic acids is 4. The molecule has 2 aromatic carbocycles. The van der Waals surface area contributed by atoms with E-state index in [1.807, 2.05) is 0 Å². The maximum atomic E-state index is 14.8. The molecule has 2 aromatic rings. The highest BCUT2D eigenvalue weighted by atomic mass is 35.5. The van der Waals surface area contributed by atoms with Crippen LogP contribution in [0.1, 0.15) is 13.8 Å². The molecule has 0 saturated carbocycles. The minimum absolute atomic E-state index is 0.0556. The number of ether oxygens (including phenoxy) is 3. The lowest BCUT2D eigenvalue weighted by Crippen LogP contribution is -2.41. The van der Waals surface area contributed by atoms with Crippen molar-refractivity contribution in [3.63, 3.8) is 0 Å². The lowest BCUT2D eigenvalue weighted by molar-refractivity contribution is -0.120. The molecule has 2 atom stereocenters. The van der Waals surface area contributed by atoms with Gasteiger partial charge in [0.1, 0.15) is 43.1 Å². The van der Waals surface area contributed by atoms with Crippen LogP contribution in [0.2, 0.25) is 0 Å². The van der Waals surface area contributed by atoms with Crippen molar-refractivity contribution in [3.05, 3.63) is 48.0 Å². The largest absolute Gasteiger partial charge is 0.467 e. The normalized spacial score (nSPS) is 17.5. The van der Waals surface area contributed by atoms with Crippen LogP contribution < -0.4 is 35.7 Å². The summed E-state index contributed by atoms with van der Waals surface area (Å²) >= 11 is 18.7. The van der Waals surface area contributed by atoms with Crippen LogP contribution in [0.4, 0.5) is 41.1 Å². The van der Waals surface area contributed by atoms with E-state index in [0.29, 0.717) is 48.9 Å². The lowest BCUT2D eigenvalue weighted by atomic mass is 10.2. The van der Waals surface area contributed by atoms with Crippen molar-refractivity contribution >= 4 is 116 Å². The predicted molar refractivity (Wildman–Crippen MR) is 236 cm³/mol. The van der Waals surface area contributed by atoms with E-state index in [1.165, 1.54) is 53.5 Å². The van der Waals surface area contributed by atoms with Crippen LogP contribution in [0, 0.1) is 11.6 Å². The molecule has 2 saturated heterocycles. The third-order valence-electron chi connectivity index (χ3n) is 8.27. The van der Waals surface area contributed by atoms with Crippen molar-refractivity contribution in [3.8, 4) is 0 Å². The Morgan fingerprint density at radius 3 is 1.68 bits per heavy atom. The third-order valence-corrected chi connectivity index (χ3v) is 8.60. The highest BCUT2D eigenvalue weighted by Crippen LogP contribution is 2.29. The van der Waals surface area contributed by atoms with E-state index in [-0.39, 0.29) is 73.4 Å². The summed E-state index contributed by atoms with van der Waals surface area (Å²) in [5, 5.41) is 38.8. The van der Waals surface area contributed by atoms with Crippen molar-refractivity contribution in [2.24, 2.45) is 10.2 Å². The molecule has 4 amide bonds. The number of rotatable bonds is 11. The number of aliphatic hydroxyl groups excluding tert-OH is 3. The molecule has 0 aliphatic carbocycles. The summed E-state index contributed by atoms with van der Waals surface area (Å²) in [6.45, 7) is 5.36. The third kappa shape index (κ3) is 16.6. The van der Waals surface area contributed by atoms with Gasteiger partial charge in [-0.15, -0.1) is 0 Å². The van der Waals surface area contributed by atoms with E-state index in [1.54, 1.807) is 34.1 Å². The van der Waals surface area contributed by atoms with Gasteiger partial charge in [0.25, 0.3) is 5.17 Å². The molecule has 4 heterocycles. The van der Waals surface area contributed by atoms with E-state index in [0.717, 1.165) is 0 Å². The Morgan fingerprint density at radius 2 is 1.31 bits per heavy atom. The van der Waals surface area contributed by atoms with Crippen molar-refractivity contribution in [2.75, 3.05) is 98.4 Å². The molecule has 6 rings (SSSR count). The molecule has 0 radical (unpaired) electrons. The lowest BCUT2D eigenvalue weighted by Gasteiger charge is -2.30. The first-order valence-corrected chi connectivity index (χ1v) is 20.1. The second-order valence-corrected chi connectivity index (χ2v) is 14.9. The summed E-state index contributed by atoms with van der Waals surface area (Å²) in [7, 11) is 0.